The molecule has 0 unspecified atom stereocenters. The van der Waals surface area contributed by atoms with Crippen LogP contribution in [0.4, 0.5) is 5.69 Å². The Bertz CT molecular complexity index is 813. The minimum atomic E-state index is -0.767. The van der Waals surface area contributed by atoms with Crippen LogP contribution in [0.3, 0.4) is 0 Å². The lowest BCUT2D eigenvalue weighted by Gasteiger charge is -2.11. The summed E-state index contributed by atoms with van der Waals surface area (Å²) in [6, 6.07) is 11.6. The van der Waals surface area contributed by atoms with Crippen LogP contribution in [0.1, 0.15) is 31.8 Å². The first kappa shape index (κ1) is 18.2. The second-order valence-electron chi connectivity index (χ2n) is 5.41. The summed E-state index contributed by atoms with van der Waals surface area (Å²) in [4.78, 5) is 35.8. The van der Waals surface area contributed by atoms with E-state index in [0.29, 0.717) is 5.69 Å². The number of anilines is 1. The maximum absolute atomic E-state index is 12.2. The van der Waals surface area contributed by atoms with E-state index in [2.05, 4.69) is 10.1 Å². The molecule has 130 valence electrons. The first-order chi connectivity index (χ1) is 11.9. The fourth-order valence-electron chi connectivity index (χ4n) is 2.23. The van der Waals surface area contributed by atoms with E-state index in [-0.39, 0.29) is 11.1 Å². The summed E-state index contributed by atoms with van der Waals surface area (Å²) in [5.41, 5.74) is 2.79. The summed E-state index contributed by atoms with van der Waals surface area (Å²) >= 11 is 0. The lowest BCUT2D eigenvalue weighted by molar-refractivity contribution is -0.119. The van der Waals surface area contributed by atoms with Crippen LogP contribution >= 0.6 is 0 Å². The predicted octanol–water partition coefficient (Wildman–Crippen LogP) is 2.89. The highest BCUT2D eigenvalue weighted by Gasteiger charge is 2.19. The number of nitrogens with one attached hydrogen (secondary N) is 1. The van der Waals surface area contributed by atoms with Gasteiger partial charge in [0.2, 0.25) is 0 Å². The third-order valence-electron chi connectivity index (χ3n) is 3.77. The Morgan fingerprint density at radius 1 is 0.920 bits per heavy atom. The summed E-state index contributed by atoms with van der Waals surface area (Å²) in [6.07, 6.45) is 0. The van der Waals surface area contributed by atoms with Gasteiger partial charge in [0.1, 0.15) is 0 Å². The average Bonchev–Trinajstić information content (AvgIpc) is 2.63. The van der Waals surface area contributed by atoms with Crippen LogP contribution in [0.5, 0.6) is 0 Å². The predicted molar refractivity (Wildman–Crippen MR) is 92.6 cm³/mol. The lowest BCUT2D eigenvalue weighted by atomic mass is 10.1. The molecule has 1 N–H and O–H groups in total. The Balaban J connectivity index is 2.02. The highest BCUT2D eigenvalue weighted by atomic mass is 16.5. The Hall–Kier alpha value is -3.15. The minimum absolute atomic E-state index is 0.0499. The summed E-state index contributed by atoms with van der Waals surface area (Å²) in [5.74, 6) is -1.87. The van der Waals surface area contributed by atoms with Crippen LogP contribution < -0.4 is 5.32 Å². The van der Waals surface area contributed by atoms with Crippen LogP contribution in [0.15, 0.2) is 42.5 Å². The number of methoxy groups -OCH3 is 1. The van der Waals surface area contributed by atoms with Gasteiger partial charge >= 0.3 is 11.9 Å². The van der Waals surface area contributed by atoms with Gasteiger partial charge in [-0.3, -0.25) is 4.79 Å². The minimum Gasteiger partial charge on any atom is -0.465 e. The zero-order valence-electron chi connectivity index (χ0n) is 14.3. The molecule has 0 spiro atoms. The molecular weight excluding hydrogens is 322 g/mol. The van der Waals surface area contributed by atoms with Crippen LogP contribution in [-0.4, -0.2) is 31.6 Å². The number of hydrogen-bond donors (Lipinski definition) is 1. The van der Waals surface area contributed by atoms with E-state index in [1.165, 1.54) is 19.2 Å². The van der Waals surface area contributed by atoms with Crippen molar-refractivity contribution in [1.82, 2.24) is 0 Å². The highest BCUT2D eigenvalue weighted by Crippen LogP contribution is 2.18. The Labute approximate surface area is 145 Å². The van der Waals surface area contributed by atoms with Gasteiger partial charge in [-0.05, 0) is 43.2 Å². The summed E-state index contributed by atoms with van der Waals surface area (Å²) in [7, 11) is 1.22. The molecule has 0 atom stereocenters. The number of rotatable bonds is 5. The zero-order chi connectivity index (χ0) is 18.4. The Morgan fingerprint density at radius 2 is 1.56 bits per heavy atom. The molecule has 1 amide bonds. The van der Waals surface area contributed by atoms with Crippen molar-refractivity contribution >= 4 is 23.5 Å². The van der Waals surface area contributed by atoms with Gasteiger partial charge in [-0.25, -0.2) is 9.59 Å². The molecule has 0 fully saturated rings. The van der Waals surface area contributed by atoms with Crippen molar-refractivity contribution in [3.8, 4) is 0 Å². The maximum atomic E-state index is 12.2. The monoisotopic (exact) mass is 341 g/mol. The van der Waals surface area contributed by atoms with Gasteiger partial charge in [0.05, 0.1) is 18.2 Å². The normalized spacial score (nSPS) is 10.0. The lowest BCUT2D eigenvalue weighted by Crippen LogP contribution is -2.22. The molecule has 0 radical (unpaired) electrons. The fraction of sp³-hybridized carbons (Fsp3) is 0.211. The van der Waals surface area contributed by atoms with E-state index in [0.717, 1.165) is 11.1 Å². The molecule has 6 nitrogen and oxygen atoms in total. The van der Waals surface area contributed by atoms with Crippen molar-refractivity contribution in [3.63, 3.8) is 0 Å². The van der Waals surface area contributed by atoms with E-state index in [1.807, 2.05) is 26.0 Å². The molecular formula is C19H19NO5. The van der Waals surface area contributed by atoms with Gasteiger partial charge in [-0.1, -0.05) is 24.3 Å². The molecule has 0 aliphatic rings. The summed E-state index contributed by atoms with van der Waals surface area (Å²) in [6.45, 7) is 3.38. The molecule has 0 saturated carbocycles. The number of aryl methyl sites for hydroxylation is 1. The molecule has 2 aromatic rings. The molecule has 0 heterocycles. The fourth-order valence-corrected chi connectivity index (χ4v) is 2.23. The first-order valence-electron chi connectivity index (χ1n) is 7.64. The van der Waals surface area contributed by atoms with Crippen molar-refractivity contribution < 1.29 is 23.9 Å². The summed E-state index contributed by atoms with van der Waals surface area (Å²) < 4.78 is 9.64. The first-order valence-corrected chi connectivity index (χ1v) is 7.64. The number of carbonyl (C=O) groups excluding carboxylic acids is 3. The van der Waals surface area contributed by atoms with Crippen LogP contribution in [0.25, 0.3) is 0 Å². The summed E-state index contributed by atoms with van der Waals surface area (Å²) in [5, 5.41) is 2.70. The largest absolute Gasteiger partial charge is 0.465 e. The van der Waals surface area contributed by atoms with Crippen molar-refractivity contribution in [2.45, 2.75) is 13.8 Å². The number of ether oxygens (including phenoxy) is 2. The standard InChI is InChI=1S/C19H19NO5/c1-12-7-6-10-16(13(12)2)20-17(21)11-25-19(23)15-9-5-4-8-14(15)18(22)24-3/h4-10H,11H2,1-3H3,(H,20,21). The Morgan fingerprint density at radius 3 is 2.20 bits per heavy atom. The number of carbonyl (C=O) groups is 3. The number of esters is 2. The van der Waals surface area contributed by atoms with Crippen molar-refractivity contribution in [3.05, 3.63) is 64.7 Å². The molecule has 2 aromatic carbocycles. The molecule has 6 heteroatoms. The van der Waals surface area contributed by atoms with Crippen LogP contribution in [0, 0.1) is 13.8 Å². The molecule has 0 aromatic heterocycles. The van der Waals surface area contributed by atoms with Gasteiger partial charge in [-0.2, -0.15) is 0 Å². The van der Waals surface area contributed by atoms with Gasteiger partial charge in [0, 0.05) is 5.69 Å². The van der Waals surface area contributed by atoms with Gasteiger partial charge in [-0.15, -0.1) is 0 Å². The van der Waals surface area contributed by atoms with Crippen molar-refractivity contribution in [2.75, 3.05) is 19.0 Å². The van der Waals surface area contributed by atoms with Crippen LogP contribution in [0.2, 0.25) is 0 Å². The number of amides is 1. The van der Waals surface area contributed by atoms with Gasteiger partial charge in [0.25, 0.3) is 5.91 Å². The van der Waals surface area contributed by atoms with Crippen molar-refractivity contribution in [2.24, 2.45) is 0 Å². The average molecular weight is 341 g/mol. The zero-order valence-corrected chi connectivity index (χ0v) is 14.3. The van der Waals surface area contributed by atoms with E-state index >= 15 is 0 Å². The highest BCUT2D eigenvalue weighted by molar-refractivity contribution is 6.04. The second kappa shape index (κ2) is 8.10. The molecule has 0 aliphatic carbocycles. The van der Waals surface area contributed by atoms with Gasteiger partial charge in [0.15, 0.2) is 6.61 Å². The maximum Gasteiger partial charge on any atom is 0.339 e. The molecule has 0 aliphatic heterocycles. The molecule has 2 rings (SSSR count). The third-order valence-corrected chi connectivity index (χ3v) is 3.77. The van der Waals surface area contributed by atoms with E-state index in [4.69, 9.17) is 4.74 Å². The molecule has 0 saturated heterocycles. The molecule has 0 bridgehead atoms. The smallest absolute Gasteiger partial charge is 0.339 e. The third kappa shape index (κ3) is 4.44. The SMILES string of the molecule is COC(=O)c1ccccc1C(=O)OCC(=O)Nc1cccc(C)c1C. The number of hydrogen-bond acceptors (Lipinski definition) is 5. The van der Waals surface area contributed by atoms with E-state index < -0.39 is 24.5 Å². The Kier molecular flexibility index (Phi) is 5.89. The van der Waals surface area contributed by atoms with Crippen LogP contribution in [-0.2, 0) is 14.3 Å². The quantitative estimate of drug-likeness (QED) is 0.846. The van der Waals surface area contributed by atoms with Crippen molar-refractivity contribution in [1.29, 1.82) is 0 Å². The van der Waals surface area contributed by atoms with Gasteiger partial charge < -0.3 is 14.8 Å². The topological polar surface area (TPSA) is 81.7 Å². The van der Waals surface area contributed by atoms with E-state index in [1.54, 1.807) is 18.2 Å². The molecule has 25 heavy (non-hydrogen) atoms. The second-order valence-corrected chi connectivity index (χ2v) is 5.41. The number of benzene rings is 2. The van der Waals surface area contributed by atoms with E-state index in [9.17, 15) is 14.4 Å².